The van der Waals surface area contributed by atoms with Gasteiger partial charge in [0.1, 0.15) is 5.82 Å². The van der Waals surface area contributed by atoms with Gasteiger partial charge in [-0.1, -0.05) is 17.7 Å². The number of nitrogens with one attached hydrogen (secondary N) is 1. The minimum Gasteiger partial charge on any atom is -0.493 e. The molecule has 0 heterocycles. The van der Waals surface area contributed by atoms with Crippen LogP contribution in [0.1, 0.15) is 5.56 Å². The second-order valence-electron chi connectivity index (χ2n) is 4.91. The van der Waals surface area contributed by atoms with E-state index in [-0.39, 0.29) is 11.8 Å². The van der Waals surface area contributed by atoms with Crippen LogP contribution in [0.15, 0.2) is 41.4 Å². The fourth-order valence-corrected chi connectivity index (χ4v) is 2.42. The number of halogens is 2. The minimum absolute atomic E-state index is 0.217. The van der Waals surface area contributed by atoms with Gasteiger partial charge in [0, 0.05) is 28.9 Å². The maximum Gasteiger partial charge on any atom is 0.193 e. The molecule has 0 radical (unpaired) electrons. The van der Waals surface area contributed by atoms with Gasteiger partial charge in [0.2, 0.25) is 0 Å². The van der Waals surface area contributed by atoms with E-state index in [1.807, 2.05) is 0 Å². The van der Waals surface area contributed by atoms with Gasteiger partial charge in [-0.25, -0.2) is 4.39 Å². The van der Waals surface area contributed by atoms with E-state index < -0.39 is 0 Å². The predicted molar refractivity (Wildman–Crippen MR) is 94.8 cm³/mol. The van der Waals surface area contributed by atoms with E-state index in [1.165, 1.54) is 6.07 Å². The topological polar surface area (TPSA) is 68.9 Å². The van der Waals surface area contributed by atoms with Crippen molar-refractivity contribution in [3.63, 3.8) is 0 Å². The summed E-state index contributed by atoms with van der Waals surface area (Å²) in [5.41, 5.74) is 6.99. The van der Waals surface area contributed by atoms with E-state index in [2.05, 4.69) is 10.3 Å². The fraction of sp³-hybridized carbons (Fsp3) is 0.235. The molecule has 0 aliphatic carbocycles. The zero-order valence-electron chi connectivity index (χ0n) is 13.5. The Labute approximate surface area is 145 Å². The summed E-state index contributed by atoms with van der Waals surface area (Å²) in [6, 6.07) is 9.88. The molecular formula is C17H19ClFN3O2. The van der Waals surface area contributed by atoms with Gasteiger partial charge in [0.25, 0.3) is 0 Å². The van der Waals surface area contributed by atoms with Crippen LogP contribution in [0, 0.1) is 5.82 Å². The van der Waals surface area contributed by atoms with Crippen LogP contribution < -0.4 is 20.5 Å². The van der Waals surface area contributed by atoms with Gasteiger partial charge >= 0.3 is 0 Å². The van der Waals surface area contributed by atoms with Crippen molar-refractivity contribution in [1.82, 2.24) is 0 Å². The molecule has 0 saturated carbocycles. The molecule has 0 unspecified atom stereocenters. The van der Waals surface area contributed by atoms with Crippen molar-refractivity contribution in [2.45, 2.75) is 6.42 Å². The fourth-order valence-electron chi connectivity index (χ4n) is 2.16. The summed E-state index contributed by atoms with van der Waals surface area (Å²) in [6.45, 7) is 0.312. The lowest BCUT2D eigenvalue weighted by molar-refractivity contribution is 0.355. The molecule has 3 N–H and O–H groups in total. The molecule has 0 spiro atoms. The Balaban J connectivity index is 1.99. The van der Waals surface area contributed by atoms with Gasteiger partial charge in [0.05, 0.1) is 14.2 Å². The van der Waals surface area contributed by atoms with E-state index >= 15 is 0 Å². The van der Waals surface area contributed by atoms with Gasteiger partial charge in [0.15, 0.2) is 17.5 Å². The highest BCUT2D eigenvalue weighted by atomic mass is 35.5. The minimum atomic E-state index is -0.343. The summed E-state index contributed by atoms with van der Waals surface area (Å²) in [5, 5.41) is 3.33. The van der Waals surface area contributed by atoms with Crippen LogP contribution in [-0.4, -0.2) is 26.7 Å². The first-order chi connectivity index (χ1) is 11.5. The quantitative estimate of drug-likeness (QED) is 0.617. The first-order valence-corrected chi connectivity index (χ1v) is 7.64. The molecule has 0 atom stereocenters. The number of methoxy groups -OCH3 is 2. The Morgan fingerprint density at radius 3 is 2.62 bits per heavy atom. The van der Waals surface area contributed by atoms with Crippen molar-refractivity contribution in [2.75, 3.05) is 26.1 Å². The van der Waals surface area contributed by atoms with Crippen LogP contribution in [0.4, 0.5) is 10.1 Å². The number of aliphatic imine (C=N–C) groups is 1. The monoisotopic (exact) mass is 351 g/mol. The highest BCUT2D eigenvalue weighted by molar-refractivity contribution is 6.31. The van der Waals surface area contributed by atoms with Gasteiger partial charge in [-0.2, -0.15) is 0 Å². The molecule has 0 amide bonds. The third kappa shape index (κ3) is 4.52. The molecule has 0 saturated heterocycles. The smallest absolute Gasteiger partial charge is 0.193 e. The van der Waals surface area contributed by atoms with Crippen molar-refractivity contribution in [2.24, 2.45) is 10.7 Å². The lowest BCUT2D eigenvalue weighted by Gasteiger charge is -2.11. The van der Waals surface area contributed by atoms with Crippen LogP contribution in [-0.2, 0) is 6.42 Å². The number of nitrogens with two attached hydrogens (primary N) is 1. The molecule has 7 heteroatoms. The summed E-state index contributed by atoms with van der Waals surface area (Å²) in [4.78, 5) is 4.18. The summed E-state index contributed by atoms with van der Waals surface area (Å²) in [6.07, 6.45) is 0.361. The third-order valence-electron chi connectivity index (χ3n) is 3.36. The second-order valence-corrected chi connectivity index (χ2v) is 5.32. The third-order valence-corrected chi connectivity index (χ3v) is 3.72. The van der Waals surface area contributed by atoms with Gasteiger partial charge in [-0.05, 0) is 30.7 Å². The first-order valence-electron chi connectivity index (χ1n) is 7.27. The number of hydrogen-bond donors (Lipinski definition) is 2. The Morgan fingerprint density at radius 1 is 1.21 bits per heavy atom. The first kappa shape index (κ1) is 17.9. The maximum atomic E-state index is 13.7. The number of hydrogen-bond acceptors (Lipinski definition) is 3. The standard InChI is InChI=1S/C17H19ClFN3O2/c1-23-15-7-6-11(10-16(15)24-2)22-17(20)21-9-8-12-13(18)4-3-5-14(12)19/h3-7,10H,8-9H2,1-2H3,(H3,20,21,22). The van der Waals surface area contributed by atoms with Crippen LogP contribution in [0.25, 0.3) is 0 Å². The molecule has 2 aromatic rings. The Hall–Kier alpha value is -2.47. The Bertz CT molecular complexity index is 718. The second kappa shape index (κ2) is 8.40. The summed E-state index contributed by atoms with van der Waals surface area (Å²) < 4.78 is 24.1. The average Bonchev–Trinajstić information content (AvgIpc) is 2.57. The van der Waals surface area contributed by atoms with Crippen LogP contribution in [0.2, 0.25) is 5.02 Å². The lowest BCUT2D eigenvalue weighted by Crippen LogP contribution is -2.23. The predicted octanol–water partition coefficient (Wildman–Crippen LogP) is 3.47. The SMILES string of the molecule is COc1ccc(NC(N)=NCCc2c(F)cccc2Cl)cc1OC. The molecule has 0 fully saturated rings. The molecule has 0 aliphatic rings. The van der Waals surface area contributed by atoms with Crippen molar-refractivity contribution in [3.05, 3.63) is 52.8 Å². The molecule has 2 rings (SSSR count). The van der Waals surface area contributed by atoms with Crippen LogP contribution in [0.3, 0.4) is 0 Å². The number of nitrogens with zero attached hydrogens (tertiary/aromatic N) is 1. The van der Waals surface area contributed by atoms with Crippen LogP contribution >= 0.6 is 11.6 Å². The Morgan fingerprint density at radius 2 is 1.96 bits per heavy atom. The number of benzene rings is 2. The van der Waals surface area contributed by atoms with Gasteiger partial charge in [-0.15, -0.1) is 0 Å². The zero-order valence-corrected chi connectivity index (χ0v) is 14.2. The van der Waals surface area contributed by atoms with E-state index in [1.54, 1.807) is 44.6 Å². The summed E-state index contributed by atoms with van der Waals surface area (Å²) in [5.74, 6) is 1.07. The zero-order chi connectivity index (χ0) is 17.5. The molecular weight excluding hydrogens is 333 g/mol. The normalized spacial score (nSPS) is 11.2. The molecule has 128 valence electrons. The Kier molecular flexibility index (Phi) is 6.26. The average molecular weight is 352 g/mol. The molecule has 2 aromatic carbocycles. The molecule has 5 nitrogen and oxygen atoms in total. The van der Waals surface area contributed by atoms with Crippen molar-refractivity contribution in [3.8, 4) is 11.5 Å². The maximum absolute atomic E-state index is 13.7. The van der Waals surface area contributed by atoms with Crippen molar-refractivity contribution >= 4 is 23.2 Å². The number of rotatable bonds is 6. The van der Waals surface area contributed by atoms with E-state index in [0.29, 0.717) is 40.7 Å². The van der Waals surface area contributed by atoms with Crippen molar-refractivity contribution < 1.29 is 13.9 Å². The van der Waals surface area contributed by atoms with Crippen molar-refractivity contribution in [1.29, 1.82) is 0 Å². The molecule has 0 aliphatic heterocycles. The number of guanidine groups is 1. The lowest BCUT2D eigenvalue weighted by atomic mass is 10.1. The molecule has 0 aromatic heterocycles. The van der Waals surface area contributed by atoms with Crippen LogP contribution in [0.5, 0.6) is 11.5 Å². The van der Waals surface area contributed by atoms with Gasteiger partial charge < -0.3 is 20.5 Å². The highest BCUT2D eigenvalue weighted by Crippen LogP contribution is 2.29. The van der Waals surface area contributed by atoms with E-state index in [9.17, 15) is 4.39 Å². The van der Waals surface area contributed by atoms with E-state index in [0.717, 1.165) is 0 Å². The molecule has 0 bridgehead atoms. The number of ether oxygens (including phenoxy) is 2. The summed E-state index contributed by atoms with van der Waals surface area (Å²) in [7, 11) is 3.12. The largest absolute Gasteiger partial charge is 0.493 e. The highest BCUT2D eigenvalue weighted by Gasteiger charge is 2.07. The van der Waals surface area contributed by atoms with E-state index in [4.69, 9.17) is 26.8 Å². The molecule has 24 heavy (non-hydrogen) atoms. The summed E-state index contributed by atoms with van der Waals surface area (Å²) >= 11 is 5.98. The number of anilines is 1. The van der Waals surface area contributed by atoms with Gasteiger partial charge in [-0.3, -0.25) is 4.99 Å².